The molecule has 1 saturated heterocycles. The molecule has 0 unspecified atom stereocenters. The number of carbonyl (C=O) groups is 2. The van der Waals surface area contributed by atoms with Gasteiger partial charge in [-0.15, -0.1) is 0 Å². The lowest BCUT2D eigenvalue weighted by Gasteiger charge is -2.29. The van der Waals surface area contributed by atoms with Gasteiger partial charge < -0.3 is 15.1 Å². The third-order valence-corrected chi connectivity index (χ3v) is 5.71. The van der Waals surface area contributed by atoms with Crippen LogP contribution in [0.25, 0.3) is 0 Å². The molecule has 0 atom stereocenters. The third kappa shape index (κ3) is 6.49. The molecule has 6 heteroatoms. The van der Waals surface area contributed by atoms with Crippen LogP contribution in [0, 0.1) is 0 Å². The predicted octanol–water partition coefficient (Wildman–Crippen LogP) is 4.50. The molecule has 1 heterocycles. The number of amides is 2. The highest BCUT2D eigenvalue weighted by atomic mass is 35.5. The monoisotopic (exact) mass is 427 g/mol. The Morgan fingerprint density at radius 2 is 1.67 bits per heavy atom. The Kier molecular flexibility index (Phi) is 8.14. The molecule has 0 spiro atoms. The molecule has 1 fully saturated rings. The normalized spacial score (nSPS) is 13.7. The lowest BCUT2D eigenvalue weighted by atomic mass is 10.1. The summed E-state index contributed by atoms with van der Waals surface area (Å²) >= 11 is 5.83. The average molecular weight is 428 g/mol. The minimum absolute atomic E-state index is 0.0795. The molecular formula is C24H30ClN3O2. The Bertz CT molecular complexity index is 831. The van der Waals surface area contributed by atoms with E-state index in [9.17, 15) is 9.59 Å². The maximum absolute atomic E-state index is 12.4. The number of hydrogen-bond donors (Lipinski definition) is 1. The number of benzene rings is 2. The van der Waals surface area contributed by atoms with E-state index in [1.54, 1.807) is 29.2 Å². The van der Waals surface area contributed by atoms with Gasteiger partial charge in [-0.25, -0.2) is 0 Å². The van der Waals surface area contributed by atoms with Crippen LogP contribution in [0.15, 0.2) is 48.5 Å². The Labute approximate surface area is 184 Å². The maximum atomic E-state index is 12.4. The lowest BCUT2D eigenvalue weighted by Crippen LogP contribution is -2.29. The van der Waals surface area contributed by atoms with Gasteiger partial charge in [0.05, 0.1) is 0 Å². The van der Waals surface area contributed by atoms with Gasteiger partial charge in [-0.1, -0.05) is 23.7 Å². The van der Waals surface area contributed by atoms with E-state index in [4.69, 9.17) is 11.6 Å². The molecule has 0 aromatic heterocycles. The summed E-state index contributed by atoms with van der Waals surface area (Å²) in [6, 6.07) is 15.3. The van der Waals surface area contributed by atoms with Crippen molar-refractivity contribution in [2.24, 2.45) is 0 Å². The summed E-state index contributed by atoms with van der Waals surface area (Å²) in [7, 11) is 1.83. The molecule has 5 nitrogen and oxygen atoms in total. The Hall–Kier alpha value is -2.53. The van der Waals surface area contributed by atoms with Crippen molar-refractivity contribution in [1.82, 2.24) is 10.2 Å². The van der Waals surface area contributed by atoms with Crippen LogP contribution in [0.1, 0.15) is 48.0 Å². The van der Waals surface area contributed by atoms with Crippen molar-refractivity contribution in [3.8, 4) is 0 Å². The number of halogens is 1. The second kappa shape index (κ2) is 11.0. The largest absolute Gasteiger partial charge is 0.372 e. The third-order valence-electron chi connectivity index (χ3n) is 5.46. The molecular weight excluding hydrogens is 398 g/mol. The summed E-state index contributed by atoms with van der Waals surface area (Å²) in [5.41, 5.74) is 2.96. The zero-order chi connectivity index (χ0) is 21.3. The zero-order valence-corrected chi connectivity index (χ0v) is 18.3. The fourth-order valence-electron chi connectivity index (χ4n) is 3.66. The fraction of sp³-hybridized carbons (Fsp3) is 0.417. The molecule has 0 aliphatic carbocycles. The van der Waals surface area contributed by atoms with Crippen LogP contribution >= 0.6 is 11.6 Å². The minimum atomic E-state index is -0.152. The molecule has 2 aromatic carbocycles. The smallest absolute Gasteiger partial charge is 0.251 e. The summed E-state index contributed by atoms with van der Waals surface area (Å²) in [4.78, 5) is 28.6. The topological polar surface area (TPSA) is 52.6 Å². The second-order valence-corrected chi connectivity index (χ2v) is 8.27. The molecule has 30 heavy (non-hydrogen) atoms. The van der Waals surface area contributed by atoms with Gasteiger partial charge in [0.2, 0.25) is 5.91 Å². The first-order valence-electron chi connectivity index (χ1n) is 10.6. The molecule has 0 bridgehead atoms. The van der Waals surface area contributed by atoms with Crippen LogP contribution < -0.4 is 10.2 Å². The van der Waals surface area contributed by atoms with E-state index in [1.165, 1.54) is 24.9 Å². The van der Waals surface area contributed by atoms with Gasteiger partial charge in [0.1, 0.15) is 0 Å². The van der Waals surface area contributed by atoms with E-state index in [2.05, 4.69) is 34.5 Å². The van der Waals surface area contributed by atoms with Crippen LogP contribution in [-0.4, -0.2) is 43.4 Å². The van der Waals surface area contributed by atoms with Crippen molar-refractivity contribution in [1.29, 1.82) is 0 Å². The number of nitrogens with zero attached hydrogens (tertiary/aromatic N) is 2. The highest BCUT2D eigenvalue weighted by Gasteiger charge is 2.12. The fourth-order valence-corrected chi connectivity index (χ4v) is 3.79. The molecule has 1 N–H and O–H groups in total. The molecule has 1 aliphatic heterocycles. The first-order chi connectivity index (χ1) is 14.5. The molecule has 160 valence electrons. The highest BCUT2D eigenvalue weighted by Crippen LogP contribution is 2.20. The number of rotatable bonds is 8. The van der Waals surface area contributed by atoms with Gasteiger partial charge in [-0.3, -0.25) is 9.59 Å². The van der Waals surface area contributed by atoms with E-state index >= 15 is 0 Å². The molecule has 2 amide bonds. The van der Waals surface area contributed by atoms with E-state index < -0.39 is 0 Å². The number of hydrogen-bond acceptors (Lipinski definition) is 3. The summed E-state index contributed by atoms with van der Waals surface area (Å²) in [5.74, 6) is -0.0721. The minimum Gasteiger partial charge on any atom is -0.372 e. The number of carbonyl (C=O) groups excluding carboxylic acids is 2. The summed E-state index contributed by atoms with van der Waals surface area (Å²) in [6.07, 6.45) is 4.87. The van der Waals surface area contributed by atoms with Crippen LogP contribution in [0.5, 0.6) is 0 Å². The quantitative estimate of drug-likeness (QED) is 0.631. The van der Waals surface area contributed by atoms with Gasteiger partial charge in [-0.2, -0.15) is 0 Å². The van der Waals surface area contributed by atoms with Crippen molar-refractivity contribution >= 4 is 29.1 Å². The lowest BCUT2D eigenvalue weighted by molar-refractivity contribution is -0.130. The van der Waals surface area contributed by atoms with Crippen LogP contribution in [-0.2, 0) is 11.3 Å². The summed E-state index contributed by atoms with van der Waals surface area (Å²) in [6.45, 7) is 3.32. The van der Waals surface area contributed by atoms with Crippen molar-refractivity contribution in [2.75, 3.05) is 31.6 Å². The van der Waals surface area contributed by atoms with Crippen molar-refractivity contribution < 1.29 is 9.59 Å². The van der Waals surface area contributed by atoms with Crippen molar-refractivity contribution in [3.63, 3.8) is 0 Å². The highest BCUT2D eigenvalue weighted by molar-refractivity contribution is 6.30. The van der Waals surface area contributed by atoms with Crippen LogP contribution in [0.3, 0.4) is 0 Å². The zero-order valence-electron chi connectivity index (χ0n) is 17.6. The summed E-state index contributed by atoms with van der Waals surface area (Å²) in [5, 5.41) is 3.44. The van der Waals surface area contributed by atoms with Gasteiger partial charge in [0.25, 0.3) is 5.91 Å². The maximum Gasteiger partial charge on any atom is 0.251 e. The van der Waals surface area contributed by atoms with E-state index in [0.29, 0.717) is 36.5 Å². The number of anilines is 1. The van der Waals surface area contributed by atoms with Crippen molar-refractivity contribution in [3.05, 3.63) is 64.7 Å². The molecule has 0 saturated carbocycles. The SMILES string of the molecule is CN(Cc1ccc(N2CCCCC2)cc1)C(=O)CCCNC(=O)c1ccc(Cl)cc1. The summed E-state index contributed by atoms with van der Waals surface area (Å²) < 4.78 is 0. The Morgan fingerprint density at radius 1 is 1.00 bits per heavy atom. The standard InChI is InChI=1S/C24H30ClN3O2/c1-27(18-19-7-13-22(14-8-19)28-16-3-2-4-17-28)23(29)6-5-15-26-24(30)20-9-11-21(25)12-10-20/h7-14H,2-6,15-18H2,1H3,(H,26,30). The van der Waals surface area contributed by atoms with E-state index in [1.807, 2.05) is 7.05 Å². The van der Waals surface area contributed by atoms with Gasteiger partial charge in [0, 0.05) is 55.9 Å². The average Bonchev–Trinajstić information content (AvgIpc) is 2.78. The Balaban J connectivity index is 1.38. The van der Waals surface area contributed by atoms with E-state index in [-0.39, 0.29) is 11.8 Å². The first kappa shape index (κ1) is 22.2. The number of piperidine rings is 1. The molecule has 0 radical (unpaired) electrons. The molecule has 2 aromatic rings. The van der Waals surface area contributed by atoms with Gasteiger partial charge in [-0.05, 0) is 67.6 Å². The second-order valence-electron chi connectivity index (χ2n) is 7.83. The number of nitrogens with one attached hydrogen (secondary N) is 1. The van der Waals surface area contributed by atoms with Crippen LogP contribution in [0.4, 0.5) is 5.69 Å². The van der Waals surface area contributed by atoms with Crippen molar-refractivity contribution in [2.45, 2.75) is 38.6 Å². The predicted molar refractivity (Wildman–Crippen MR) is 122 cm³/mol. The van der Waals surface area contributed by atoms with Gasteiger partial charge in [0.15, 0.2) is 0 Å². The Morgan fingerprint density at radius 3 is 2.33 bits per heavy atom. The molecule has 3 rings (SSSR count). The molecule has 1 aliphatic rings. The van der Waals surface area contributed by atoms with Crippen LogP contribution in [0.2, 0.25) is 5.02 Å². The van der Waals surface area contributed by atoms with Gasteiger partial charge >= 0.3 is 0 Å². The first-order valence-corrected chi connectivity index (χ1v) is 11.0. The van der Waals surface area contributed by atoms with E-state index in [0.717, 1.165) is 18.7 Å².